The molecule has 0 aliphatic carbocycles. The highest BCUT2D eigenvalue weighted by Crippen LogP contribution is 2.34. The van der Waals surface area contributed by atoms with Crippen molar-refractivity contribution in [1.82, 2.24) is 5.32 Å². The number of anilines is 1. The van der Waals surface area contributed by atoms with Crippen molar-refractivity contribution in [1.29, 1.82) is 0 Å². The maximum absolute atomic E-state index is 13.0. The van der Waals surface area contributed by atoms with Gasteiger partial charge >= 0.3 is 6.18 Å². The van der Waals surface area contributed by atoms with Gasteiger partial charge in [0.05, 0.1) is 23.9 Å². The largest absolute Gasteiger partial charge is 0.496 e. The molecule has 25 heavy (non-hydrogen) atoms. The predicted molar refractivity (Wildman–Crippen MR) is 93.1 cm³/mol. The average molecular weight is 389 g/mol. The number of thiocarbonyl (C=S) groups is 1. The van der Waals surface area contributed by atoms with Gasteiger partial charge < -0.3 is 10.1 Å². The summed E-state index contributed by atoms with van der Waals surface area (Å²) in [5.41, 5.74) is -1.06. The number of alkyl halides is 3. The molecule has 2 aromatic carbocycles. The van der Waals surface area contributed by atoms with E-state index >= 15 is 0 Å². The van der Waals surface area contributed by atoms with E-state index in [2.05, 4.69) is 10.6 Å². The number of hydrogen-bond donors (Lipinski definition) is 2. The van der Waals surface area contributed by atoms with Gasteiger partial charge in [-0.2, -0.15) is 13.2 Å². The molecule has 0 aliphatic rings. The lowest BCUT2D eigenvalue weighted by Gasteiger charge is -2.15. The smallest absolute Gasteiger partial charge is 0.418 e. The first-order valence-electron chi connectivity index (χ1n) is 6.84. The van der Waals surface area contributed by atoms with Crippen molar-refractivity contribution in [3.05, 3.63) is 58.6 Å². The minimum Gasteiger partial charge on any atom is -0.496 e. The highest BCUT2D eigenvalue weighted by atomic mass is 35.5. The first-order valence-corrected chi connectivity index (χ1v) is 7.63. The van der Waals surface area contributed by atoms with Crippen LogP contribution >= 0.6 is 23.8 Å². The zero-order valence-electron chi connectivity index (χ0n) is 12.8. The molecule has 2 aromatic rings. The Morgan fingerprint density at radius 1 is 1.20 bits per heavy atom. The van der Waals surface area contributed by atoms with E-state index in [0.717, 1.165) is 6.07 Å². The molecule has 2 N–H and O–H groups in total. The lowest BCUT2D eigenvalue weighted by molar-refractivity contribution is -0.136. The van der Waals surface area contributed by atoms with Gasteiger partial charge in [0.2, 0.25) is 0 Å². The van der Waals surface area contributed by atoms with Crippen LogP contribution in [0.5, 0.6) is 5.75 Å². The minimum atomic E-state index is -4.56. The van der Waals surface area contributed by atoms with Crippen LogP contribution in [0.4, 0.5) is 18.9 Å². The van der Waals surface area contributed by atoms with Gasteiger partial charge in [-0.3, -0.25) is 10.1 Å². The third-order valence-corrected chi connectivity index (χ3v) is 3.55. The van der Waals surface area contributed by atoms with Gasteiger partial charge in [0.15, 0.2) is 5.11 Å². The van der Waals surface area contributed by atoms with Crippen LogP contribution in [-0.2, 0) is 6.18 Å². The van der Waals surface area contributed by atoms with Crippen LogP contribution < -0.4 is 15.4 Å². The lowest BCUT2D eigenvalue weighted by Crippen LogP contribution is -2.34. The summed E-state index contributed by atoms with van der Waals surface area (Å²) < 4.78 is 44.0. The second-order valence-corrected chi connectivity index (χ2v) is 5.64. The van der Waals surface area contributed by atoms with Crippen molar-refractivity contribution in [2.24, 2.45) is 0 Å². The lowest BCUT2D eigenvalue weighted by atomic mass is 10.1. The van der Waals surface area contributed by atoms with Gasteiger partial charge in [-0.25, -0.2) is 0 Å². The molecule has 0 radical (unpaired) electrons. The molecule has 2 rings (SSSR count). The number of halogens is 4. The van der Waals surface area contributed by atoms with Gasteiger partial charge in [-0.1, -0.05) is 23.7 Å². The van der Waals surface area contributed by atoms with Gasteiger partial charge in [-0.05, 0) is 42.5 Å². The van der Waals surface area contributed by atoms with E-state index in [1.165, 1.54) is 43.5 Å². The summed E-state index contributed by atoms with van der Waals surface area (Å²) in [6.45, 7) is 0. The third kappa shape index (κ3) is 4.83. The van der Waals surface area contributed by atoms with Crippen molar-refractivity contribution in [2.45, 2.75) is 6.18 Å². The summed E-state index contributed by atoms with van der Waals surface area (Å²) in [5.74, 6) is -0.415. The van der Waals surface area contributed by atoms with Gasteiger partial charge in [0.1, 0.15) is 5.75 Å². The van der Waals surface area contributed by atoms with Crippen LogP contribution in [0.2, 0.25) is 5.02 Å². The molecule has 0 unspecified atom stereocenters. The Kier molecular flexibility index (Phi) is 5.86. The highest BCUT2D eigenvalue weighted by molar-refractivity contribution is 7.80. The molecule has 0 atom stereocenters. The molecule has 0 fully saturated rings. The number of amides is 1. The number of nitrogens with one attached hydrogen (secondary N) is 2. The molecule has 0 saturated carbocycles. The van der Waals surface area contributed by atoms with Crippen molar-refractivity contribution in [3.63, 3.8) is 0 Å². The monoisotopic (exact) mass is 388 g/mol. The van der Waals surface area contributed by atoms with E-state index in [1.807, 2.05) is 0 Å². The summed E-state index contributed by atoms with van der Waals surface area (Å²) in [6.07, 6.45) is -4.56. The summed E-state index contributed by atoms with van der Waals surface area (Å²) in [4.78, 5) is 12.3. The van der Waals surface area contributed by atoms with Gasteiger partial charge in [0.25, 0.3) is 5.91 Å². The summed E-state index contributed by atoms with van der Waals surface area (Å²) in [6, 6.07) is 9.18. The molecule has 4 nitrogen and oxygen atoms in total. The predicted octanol–water partition coefficient (Wildman–Crippen LogP) is 4.49. The van der Waals surface area contributed by atoms with Crippen LogP contribution in [0.3, 0.4) is 0 Å². The molecule has 132 valence electrons. The number of carbonyl (C=O) groups is 1. The molecular formula is C16H12ClF3N2O2S. The quantitative estimate of drug-likeness (QED) is 0.760. The normalized spacial score (nSPS) is 10.9. The fraction of sp³-hybridized carbons (Fsp3) is 0.125. The molecule has 0 saturated heterocycles. The number of methoxy groups -OCH3 is 1. The van der Waals surface area contributed by atoms with Gasteiger partial charge in [0, 0.05) is 5.02 Å². The van der Waals surface area contributed by atoms with E-state index in [1.54, 1.807) is 0 Å². The average Bonchev–Trinajstić information content (AvgIpc) is 2.54. The van der Waals surface area contributed by atoms with E-state index in [4.69, 9.17) is 28.6 Å². The number of carbonyl (C=O) groups excluding carboxylic acids is 1. The van der Waals surface area contributed by atoms with Crippen LogP contribution in [-0.4, -0.2) is 18.1 Å². The third-order valence-electron chi connectivity index (χ3n) is 3.11. The van der Waals surface area contributed by atoms with Gasteiger partial charge in [-0.15, -0.1) is 0 Å². The maximum atomic E-state index is 13.0. The SMILES string of the molecule is COc1ccc(Cl)cc1C(=O)NC(=S)Nc1ccccc1C(F)(F)F. The summed E-state index contributed by atoms with van der Waals surface area (Å²) in [7, 11) is 1.37. The fourth-order valence-corrected chi connectivity index (χ4v) is 2.40. The molecular weight excluding hydrogens is 377 g/mol. The Morgan fingerprint density at radius 2 is 1.88 bits per heavy atom. The van der Waals surface area contributed by atoms with Crippen molar-refractivity contribution >= 4 is 40.5 Å². The Hall–Kier alpha value is -2.32. The molecule has 0 aromatic heterocycles. The molecule has 0 heterocycles. The Labute approximate surface area is 151 Å². The van der Waals surface area contributed by atoms with Crippen molar-refractivity contribution in [2.75, 3.05) is 12.4 Å². The van der Waals surface area contributed by atoms with Crippen LogP contribution in [0.15, 0.2) is 42.5 Å². The minimum absolute atomic E-state index is 0.100. The number of para-hydroxylation sites is 1. The first-order chi connectivity index (χ1) is 11.7. The van der Waals surface area contributed by atoms with E-state index < -0.39 is 17.6 Å². The second kappa shape index (κ2) is 7.71. The number of benzene rings is 2. The molecule has 0 bridgehead atoms. The Balaban J connectivity index is 2.17. The summed E-state index contributed by atoms with van der Waals surface area (Å²) in [5, 5.41) is 4.69. The molecule has 9 heteroatoms. The standard InChI is InChI=1S/C16H12ClF3N2O2S/c1-24-13-7-6-9(17)8-10(13)14(23)22-15(25)21-12-5-3-2-4-11(12)16(18,19)20/h2-8H,1H3,(H2,21,22,23,25). The van der Waals surface area contributed by atoms with Crippen molar-refractivity contribution < 1.29 is 22.7 Å². The van der Waals surface area contributed by atoms with Crippen LogP contribution in [0.25, 0.3) is 0 Å². The van der Waals surface area contributed by atoms with E-state index in [9.17, 15) is 18.0 Å². The zero-order chi connectivity index (χ0) is 18.6. The topological polar surface area (TPSA) is 50.4 Å². The van der Waals surface area contributed by atoms with Crippen LogP contribution in [0.1, 0.15) is 15.9 Å². The molecule has 0 aliphatic heterocycles. The first kappa shape index (κ1) is 19.0. The number of hydrogen-bond acceptors (Lipinski definition) is 3. The summed E-state index contributed by atoms with van der Waals surface area (Å²) >= 11 is 10.8. The number of rotatable bonds is 3. The van der Waals surface area contributed by atoms with Crippen LogP contribution in [0, 0.1) is 0 Å². The molecule has 1 amide bonds. The second-order valence-electron chi connectivity index (χ2n) is 4.80. The molecule has 0 spiro atoms. The fourth-order valence-electron chi connectivity index (χ4n) is 2.02. The van der Waals surface area contributed by atoms with E-state index in [-0.39, 0.29) is 22.1 Å². The number of ether oxygens (including phenoxy) is 1. The highest BCUT2D eigenvalue weighted by Gasteiger charge is 2.33. The van der Waals surface area contributed by atoms with E-state index in [0.29, 0.717) is 5.02 Å². The Bertz CT molecular complexity index is 812. The van der Waals surface area contributed by atoms with Crippen molar-refractivity contribution in [3.8, 4) is 5.75 Å². The Morgan fingerprint density at radius 3 is 2.52 bits per heavy atom. The maximum Gasteiger partial charge on any atom is 0.418 e. The zero-order valence-corrected chi connectivity index (χ0v) is 14.4.